The van der Waals surface area contributed by atoms with Gasteiger partial charge in [-0.1, -0.05) is 0 Å². The Kier molecular flexibility index (Phi) is 4.01. The molecule has 0 aliphatic rings. The molecule has 1 amide bonds. The number of nitrogens with zero attached hydrogens (tertiary/aromatic N) is 1. The first-order valence-electron chi connectivity index (χ1n) is 5.57. The maximum atomic E-state index is 13.0. The predicted molar refractivity (Wildman–Crippen MR) is 77.6 cm³/mol. The molecule has 0 bridgehead atoms. The molecule has 0 atom stereocenters. The molecule has 2 aromatic carbocycles. The van der Waals surface area contributed by atoms with Crippen LogP contribution < -0.4 is 11.1 Å². The van der Waals surface area contributed by atoms with Crippen molar-refractivity contribution in [2.75, 3.05) is 11.1 Å². The number of nitrogen functional groups attached to an aromatic ring is 1. The zero-order valence-electron chi connectivity index (χ0n) is 10.2. The highest BCUT2D eigenvalue weighted by Crippen LogP contribution is 2.22. The summed E-state index contributed by atoms with van der Waals surface area (Å²) < 4.78 is 13.3. The van der Waals surface area contributed by atoms with Crippen LogP contribution in [-0.4, -0.2) is 5.91 Å². The lowest BCUT2D eigenvalue weighted by Gasteiger charge is -2.09. The van der Waals surface area contributed by atoms with Gasteiger partial charge in [-0.15, -0.1) is 0 Å². The number of carbonyl (C=O) groups excluding carboxylic acids is 1. The average Bonchev–Trinajstić information content (AvgIpc) is 2.40. The van der Waals surface area contributed by atoms with Gasteiger partial charge in [0.1, 0.15) is 11.9 Å². The molecule has 4 nitrogen and oxygen atoms in total. The fraction of sp³-hybridized carbons (Fsp3) is 0. The third kappa shape index (κ3) is 2.95. The van der Waals surface area contributed by atoms with Gasteiger partial charge in [-0.2, -0.15) is 5.26 Å². The van der Waals surface area contributed by atoms with E-state index in [4.69, 9.17) is 11.0 Å². The van der Waals surface area contributed by atoms with Gasteiger partial charge >= 0.3 is 0 Å². The maximum Gasteiger partial charge on any atom is 0.256 e. The molecule has 3 N–H and O–H groups in total. The number of halogens is 2. The van der Waals surface area contributed by atoms with Crippen LogP contribution >= 0.6 is 15.9 Å². The first-order chi connectivity index (χ1) is 9.51. The average molecular weight is 334 g/mol. The standard InChI is InChI=1S/C14H9BrFN3O/c15-12-6-9(16)1-3-11(12)14(20)19-13-4-2-10(18)5-8(13)7-17/h1-6H,18H2,(H,19,20). The molecular formula is C14H9BrFN3O. The third-order valence-corrected chi connectivity index (χ3v) is 3.24. The molecule has 0 saturated carbocycles. The molecule has 0 heterocycles. The van der Waals surface area contributed by atoms with Crippen molar-refractivity contribution in [3.8, 4) is 6.07 Å². The summed E-state index contributed by atoms with van der Waals surface area (Å²) in [6.07, 6.45) is 0. The van der Waals surface area contributed by atoms with Crippen LogP contribution in [0.25, 0.3) is 0 Å². The number of anilines is 2. The van der Waals surface area contributed by atoms with E-state index in [0.717, 1.165) is 0 Å². The Morgan fingerprint density at radius 2 is 2.05 bits per heavy atom. The van der Waals surface area contributed by atoms with Gasteiger partial charge in [0.2, 0.25) is 0 Å². The molecule has 6 heteroatoms. The number of nitriles is 1. The number of amides is 1. The van der Waals surface area contributed by atoms with Crippen molar-refractivity contribution in [2.24, 2.45) is 0 Å². The quantitative estimate of drug-likeness (QED) is 0.827. The maximum absolute atomic E-state index is 13.0. The van der Waals surface area contributed by atoms with E-state index in [1.54, 1.807) is 12.1 Å². The highest BCUT2D eigenvalue weighted by molar-refractivity contribution is 9.10. The van der Waals surface area contributed by atoms with E-state index in [-0.39, 0.29) is 11.1 Å². The lowest BCUT2D eigenvalue weighted by atomic mass is 10.1. The van der Waals surface area contributed by atoms with Crippen LogP contribution in [0.2, 0.25) is 0 Å². The summed E-state index contributed by atoms with van der Waals surface area (Å²) >= 11 is 3.12. The van der Waals surface area contributed by atoms with Gasteiger partial charge in [0.15, 0.2) is 0 Å². The Hall–Kier alpha value is -2.39. The summed E-state index contributed by atoms with van der Waals surface area (Å²) in [5.74, 6) is -0.892. The summed E-state index contributed by atoms with van der Waals surface area (Å²) in [4.78, 5) is 12.1. The van der Waals surface area contributed by atoms with Gasteiger partial charge in [-0.25, -0.2) is 4.39 Å². The minimum atomic E-state index is -0.446. The molecule has 2 rings (SSSR count). The van der Waals surface area contributed by atoms with Crippen LogP contribution in [0.5, 0.6) is 0 Å². The molecule has 0 saturated heterocycles. The highest BCUT2D eigenvalue weighted by atomic mass is 79.9. The van der Waals surface area contributed by atoms with Crippen molar-refractivity contribution in [3.05, 3.63) is 57.8 Å². The van der Waals surface area contributed by atoms with Crippen LogP contribution in [0.4, 0.5) is 15.8 Å². The van der Waals surface area contributed by atoms with Crippen molar-refractivity contribution < 1.29 is 9.18 Å². The van der Waals surface area contributed by atoms with E-state index in [1.165, 1.54) is 24.3 Å². The van der Waals surface area contributed by atoms with Crippen molar-refractivity contribution >= 4 is 33.2 Å². The van der Waals surface area contributed by atoms with E-state index in [0.29, 0.717) is 15.8 Å². The number of nitrogens with one attached hydrogen (secondary N) is 1. The Bertz CT molecular complexity index is 725. The van der Waals surface area contributed by atoms with E-state index >= 15 is 0 Å². The lowest BCUT2D eigenvalue weighted by Crippen LogP contribution is -2.13. The highest BCUT2D eigenvalue weighted by Gasteiger charge is 2.13. The summed E-state index contributed by atoms with van der Waals surface area (Å²) in [6, 6.07) is 10.3. The normalized spacial score (nSPS) is 9.85. The summed E-state index contributed by atoms with van der Waals surface area (Å²) in [5.41, 5.74) is 6.89. The zero-order chi connectivity index (χ0) is 14.7. The topological polar surface area (TPSA) is 78.9 Å². The molecular weight excluding hydrogens is 325 g/mol. The van der Waals surface area contributed by atoms with Crippen molar-refractivity contribution in [1.29, 1.82) is 5.26 Å². The van der Waals surface area contributed by atoms with Gasteiger partial charge in [0.05, 0.1) is 16.8 Å². The molecule has 0 fully saturated rings. The minimum absolute atomic E-state index is 0.261. The lowest BCUT2D eigenvalue weighted by molar-refractivity contribution is 0.102. The smallest absolute Gasteiger partial charge is 0.256 e. The van der Waals surface area contributed by atoms with Gasteiger partial charge in [-0.3, -0.25) is 4.79 Å². The molecule has 0 aromatic heterocycles. The van der Waals surface area contributed by atoms with Gasteiger partial charge in [0, 0.05) is 10.2 Å². The van der Waals surface area contributed by atoms with Crippen LogP contribution in [0.1, 0.15) is 15.9 Å². The first-order valence-corrected chi connectivity index (χ1v) is 6.36. The van der Waals surface area contributed by atoms with Crippen LogP contribution in [0.3, 0.4) is 0 Å². The van der Waals surface area contributed by atoms with Gasteiger partial charge in [0.25, 0.3) is 5.91 Å². The summed E-state index contributed by atoms with van der Waals surface area (Å²) in [7, 11) is 0. The fourth-order valence-electron chi connectivity index (χ4n) is 1.63. The zero-order valence-corrected chi connectivity index (χ0v) is 11.7. The number of benzene rings is 2. The fourth-order valence-corrected chi connectivity index (χ4v) is 2.16. The number of hydrogen-bond acceptors (Lipinski definition) is 3. The van der Waals surface area contributed by atoms with Crippen LogP contribution in [0, 0.1) is 17.1 Å². The second-order valence-electron chi connectivity index (χ2n) is 4.00. The van der Waals surface area contributed by atoms with Gasteiger partial charge < -0.3 is 11.1 Å². The van der Waals surface area contributed by atoms with E-state index in [9.17, 15) is 9.18 Å². The molecule has 0 radical (unpaired) electrons. The van der Waals surface area contributed by atoms with Crippen LogP contribution in [0.15, 0.2) is 40.9 Å². The molecule has 0 spiro atoms. The largest absolute Gasteiger partial charge is 0.399 e. The molecule has 100 valence electrons. The second-order valence-corrected chi connectivity index (χ2v) is 4.85. The molecule has 2 aromatic rings. The van der Waals surface area contributed by atoms with E-state index in [1.807, 2.05) is 6.07 Å². The third-order valence-electron chi connectivity index (χ3n) is 2.59. The number of nitrogens with two attached hydrogens (primary N) is 1. The van der Waals surface area contributed by atoms with E-state index < -0.39 is 11.7 Å². The molecule has 0 aliphatic heterocycles. The Morgan fingerprint density at radius 3 is 2.70 bits per heavy atom. The number of rotatable bonds is 2. The number of hydrogen-bond donors (Lipinski definition) is 2. The Labute approximate surface area is 123 Å². The summed E-state index contributed by atoms with van der Waals surface area (Å²) in [5, 5.41) is 11.6. The van der Waals surface area contributed by atoms with Crippen LogP contribution in [-0.2, 0) is 0 Å². The SMILES string of the molecule is N#Cc1cc(N)ccc1NC(=O)c1ccc(F)cc1Br. The number of carbonyl (C=O) groups is 1. The summed E-state index contributed by atoms with van der Waals surface area (Å²) in [6.45, 7) is 0. The van der Waals surface area contributed by atoms with E-state index in [2.05, 4.69) is 21.2 Å². The molecule has 0 aliphatic carbocycles. The van der Waals surface area contributed by atoms with Gasteiger partial charge in [-0.05, 0) is 52.3 Å². The van der Waals surface area contributed by atoms with Crippen molar-refractivity contribution in [2.45, 2.75) is 0 Å². The molecule has 0 unspecified atom stereocenters. The molecule has 20 heavy (non-hydrogen) atoms. The second kappa shape index (κ2) is 5.72. The Morgan fingerprint density at radius 1 is 1.30 bits per heavy atom. The predicted octanol–water partition coefficient (Wildman–Crippen LogP) is 3.29. The minimum Gasteiger partial charge on any atom is -0.399 e. The monoisotopic (exact) mass is 333 g/mol. The van der Waals surface area contributed by atoms with Crippen molar-refractivity contribution in [1.82, 2.24) is 0 Å². The van der Waals surface area contributed by atoms with Crippen molar-refractivity contribution in [3.63, 3.8) is 0 Å². The Balaban J connectivity index is 2.31. The first kappa shape index (κ1) is 14.0.